The Labute approximate surface area is 104 Å². The van der Waals surface area contributed by atoms with Gasteiger partial charge >= 0.3 is 0 Å². The Balaban J connectivity index is 2.02. The van der Waals surface area contributed by atoms with E-state index in [1.807, 2.05) is 6.20 Å². The summed E-state index contributed by atoms with van der Waals surface area (Å²) in [4.78, 5) is 9.34. The third kappa shape index (κ3) is 2.97. The molecule has 94 valence electrons. The first-order chi connectivity index (χ1) is 8.20. The van der Waals surface area contributed by atoms with Gasteiger partial charge in [0.15, 0.2) is 0 Å². The van der Waals surface area contributed by atoms with Crippen LogP contribution in [0.5, 0.6) is 0 Å². The summed E-state index contributed by atoms with van der Waals surface area (Å²) in [6.45, 7) is 8.92. The van der Waals surface area contributed by atoms with Gasteiger partial charge in [-0.1, -0.05) is 19.9 Å². The van der Waals surface area contributed by atoms with Gasteiger partial charge in [-0.3, -0.25) is 0 Å². The standard InChI is InChI=1S/C14H23N3/c1-4-12(2)13-5-6-14(15-11-13)17-9-7-16(3)8-10-17/h5-6,11-12H,4,7-10H2,1-3H3/t12-/m0/s1. The molecule has 2 rings (SSSR count). The van der Waals surface area contributed by atoms with E-state index in [1.165, 1.54) is 12.0 Å². The summed E-state index contributed by atoms with van der Waals surface area (Å²) in [5, 5.41) is 0. The number of hydrogen-bond donors (Lipinski definition) is 0. The van der Waals surface area contributed by atoms with E-state index in [0.717, 1.165) is 32.0 Å². The Bertz CT molecular complexity index is 339. The molecule has 17 heavy (non-hydrogen) atoms. The third-order valence-corrected chi connectivity index (χ3v) is 3.78. The van der Waals surface area contributed by atoms with Gasteiger partial charge in [0, 0.05) is 32.4 Å². The maximum atomic E-state index is 4.60. The van der Waals surface area contributed by atoms with E-state index in [4.69, 9.17) is 0 Å². The predicted molar refractivity (Wildman–Crippen MR) is 72.7 cm³/mol. The highest BCUT2D eigenvalue weighted by Gasteiger charge is 2.15. The number of rotatable bonds is 3. The fourth-order valence-corrected chi connectivity index (χ4v) is 2.15. The Morgan fingerprint density at radius 3 is 2.47 bits per heavy atom. The number of aromatic nitrogens is 1. The summed E-state index contributed by atoms with van der Waals surface area (Å²) >= 11 is 0. The van der Waals surface area contributed by atoms with Crippen LogP contribution in [0.25, 0.3) is 0 Å². The topological polar surface area (TPSA) is 19.4 Å². The van der Waals surface area contributed by atoms with E-state index in [0.29, 0.717) is 5.92 Å². The monoisotopic (exact) mass is 233 g/mol. The average Bonchev–Trinajstić information content (AvgIpc) is 2.39. The van der Waals surface area contributed by atoms with Gasteiger partial charge in [-0.25, -0.2) is 4.98 Å². The van der Waals surface area contributed by atoms with Gasteiger partial charge in [-0.15, -0.1) is 0 Å². The molecule has 0 spiro atoms. The van der Waals surface area contributed by atoms with E-state index >= 15 is 0 Å². The van der Waals surface area contributed by atoms with Crippen LogP contribution >= 0.6 is 0 Å². The van der Waals surface area contributed by atoms with E-state index in [-0.39, 0.29) is 0 Å². The second-order valence-corrected chi connectivity index (χ2v) is 5.05. The molecule has 0 bridgehead atoms. The van der Waals surface area contributed by atoms with Crippen molar-refractivity contribution in [1.29, 1.82) is 0 Å². The van der Waals surface area contributed by atoms with Crippen LogP contribution in [0, 0.1) is 0 Å². The zero-order valence-electron chi connectivity index (χ0n) is 11.2. The molecule has 1 fully saturated rings. The molecule has 1 saturated heterocycles. The molecule has 1 atom stereocenters. The lowest BCUT2D eigenvalue weighted by molar-refractivity contribution is 0.312. The van der Waals surface area contributed by atoms with Crippen molar-refractivity contribution in [3.63, 3.8) is 0 Å². The van der Waals surface area contributed by atoms with E-state index in [9.17, 15) is 0 Å². The summed E-state index contributed by atoms with van der Waals surface area (Å²) in [6.07, 6.45) is 3.22. The molecule has 1 aromatic heterocycles. The number of pyridine rings is 1. The summed E-state index contributed by atoms with van der Waals surface area (Å²) in [5.41, 5.74) is 1.35. The number of likely N-dealkylation sites (N-methyl/N-ethyl adjacent to an activating group) is 1. The number of anilines is 1. The number of hydrogen-bond acceptors (Lipinski definition) is 3. The van der Waals surface area contributed by atoms with Crippen molar-refractivity contribution in [3.8, 4) is 0 Å². The molecule has 2 heterocycles. The van der Waals surface area contributed by atoms with Gasteiger partial charge in [0.05, 0.1) is 0 Å². The van der Waals surface area contributed by atoms with Crippen molar-refractivity contribution in [2.75, 3.05) is 38.1 Å². The van der Waals surface area contributed by atoms with Crippen molar-refractivity contribution in [2.24, 2.45) is 0 Å². The van der Waals surface area contributed by atoms with Gasteiger partial charge < -0.3 is 9.80 Å². The highest BCUT2D eigenvalue weighted by atomic mass is 15.3. The smallest absolute Gasteiger partial charge is 0.128 e. The molecule has 0 saturated carbocycles. The second-order valence-electron chi connectivity index (χ2n) is 5.05. The van der Waals surface area contributed by atoms with E-state index in [2.05, 4.69) is 47.8 Å². The molecular formula is C14H23N3. The second kappa shape index (κ2) is 5.50. The quantitative estimate of drug-likeness (QED) is 0.799. The Morgan fingerprint density at radius 2 is 1.94 bits per heavy atom. The minimum Gasteiger partial charge on any atom is -0.354 e. The van der Waals surface area contributed by atoms with Gasteiger partial charge in [0.1, 0.15) is 5.82 Å². The molecular weight excluding hydrogens is 210 g/mol. The minimum absolute atomic E-state index is 0.615. The van der Waals surface area contributed by atoms with Crippen LogP contribution in [-0.4, -0.2) is 43.1 Å². The Kier molecular flexibility index (Phi) is 4.00. The predicted octanol–water partition coefficient (Wildman–Crippen LogP) is 2.35. The molecule has 0 unspecified atom stereocenters. The van der Waals surface area contributed by atoms with Crippen LogP contribution in [0.1, 0.15) is 31.7 Å². The van der Waals surface area contributed by atoms with Crippen LogP contribution < -0.4 is 4.90 Å². The molecule has 0 aromatic carbocycles. The normalized spacial score (nSPS) is 19.4. The summed E-state index contributed by atoms with van der Waals surface area (Å²) < 4.78 is 0. The first kappa shape index (κ1) is 12.4. The molecule has 3 heteroatoms. The molecule has 1 aliphatic heterocycles. The van der Waals surface area contributed by atoms with Crippen LogP contribution in [0.4, 0.5) is 5.82 Å². The van der Waals surface area contributed by atoms with Crippen LogP contribution in [0.2, 0.25) is 0 Å². The zero-order valence-corrected chi connectivity index (χ0v) is 11.2. The lowest BCUT2D eigenvalue weighted by Gasteiger charge is -2.33. The largest absolute Gasteiger partial charge is 0.354 e. The molecule has 1 aliphatic rings. The van der Waals surface area contributed by atoms with Gasteiger partial charge in [-0.2, -0.15) is 0 Å². The first-order valence-electron chi connectivity index (χ1n) is 6.60. The Morgan fingerprint density at radius 1 is 1.24 bits per heavy atom. The molecule has 0 radical (unpaired) electrons. The highest BCUT2D eigenvalue weighted by Crippen LogP contribution is 2.20. The maximum Gasteiger partial charge on any atom is 0.128 e. The maximum absolute atomic E-state index is 4.60. The molecule has 0 N–H and O–H groups in total. The first-order valence-corrected chi connectivity index (χ1v) is 6.60. The van der Waals surface area contributed by atoms with Crippen molar-refractivity contribution < 1.29 is 0 Å². The number of piperazine rings is 1. The summed E-state index contributed by atoms with van der Waals surface area (Å²) in [7, 11) is 2.18. The van der Waals surface area contributed by atoms with Crippen molar-refractivity contribution >= 4 is 5.82 Å². The summed E-state index contributed by atoms with van der Waals surface area (Å²) in [5.74, 6) is 1.74. The van der Waals surface area contributed by atoms with Crippen molar-refractivity contribution in [1.82, 2.24) is 9.88 Å². The van der Waals surface area contributed by atoms with Gasteiger partial charge in [0.2, 0.25) is 0 Å². The third-order valence-electron chi connectivity index (χ3n) is 3.78. The molecule has 0 aliphatic carbocycles. The average molecular weight is 233 g/mol. The van der Waals surface area contributed by atoms with Crippen LogP contribution in [0.15, 0.2) is 18.3 Å². The molecule has 0 amide bonds. The fraction of sp³-hybridized carbons (Fsp3) is 0.643. The van der Waals surface area contributed by atoms with Crippen molar-refractivity contribution in [3.05, 3.63) is 23.9 Å². The van der Waals surface area contributed by atoms with Gasteiger partial charge in [-0.05, 0) is 31.0 Å². The minimum atomic E-state index is 0.615. The summed E-state index contributed by atoms with van der Waals surface area (Å²) in [6, 6.07) is 4.40. The SMILES string of the molecule is CC[C@H](C)c1ccc(N2CCN(C)CC2)nc1. The number of nitrogens with zero attached hydrogens (tertiary/aromatic N) is 3. The lowest BCUT2D eigenvalue weighted by Crippen LogP contribution is -2.44. The molecule has 1 aromatic rings. The van der Waals surface area contributed by atoms with Gasteiger partial charge in [0.25, 0.3) is 0 Å². The fourth-order valence-electron chi connectivity index (χ4n) is 2.15. The van der Waals surface area contributed by atoms with Crippen LogP contribution in [0.3, 0.4) is 0 Å². The van der Waals surface area contributed by atoms with Crippen LogP contribution in [-0.2, 0) is 0 Å². The molecule has 3 nitrogen and oxygen atoms in total. The van der Waals surface area contributed by atoms with Crippen molar-refractivity contribution in [2.45, 2.75) is 26.2 Å². The highest BCUT2D eigenvalue weighted by molar-refractivity contribution is 5.40. The zero-order chi connectivity index (χ0) is 12.3. The Hall–Kier alpha value is -1.09. The lowest BCUT2D eigenvalue weighted by atomic mass is 10.0. The van der Waals surface area contributed by atoms with E-state index < -0.39 is 0 Å². The van der Waals surface area contributed by atoms with E-state index in [1.54, 1.807) is 0 Å².